The van der Waals surface area contributed by atoms with Crippen LogP contribution < -0.4 is 4.74 Å². The van der Waals surface area contributed by atoms with Crippen molar-refractivity contribution in [2.45, 2.75) is 63.6 Å². The molecule has 0 unspecified atom stereocenters. The molecule has 0 radical (unpaired) electrons. The molecule has 3 atom stereocenters. The van der Waals surface area contributed by atoms with Crippen molar-refractivity contribution in [3.05, 3.63) is 64.7 Å². The fraction of sp³-hybridized carbons (Fsp3) is 0.536. The second-order valence-corrected chi connectivity index (χ2v) is 10.6. The highest BCUT2D eigenvalue weighted by Crippen LogP contribution is 2.38. The second-order valence-electron chi connectivity index (χ2n) is 10.6. The number of piperidine rings is 1. The molecule has 6 rings (SSSR count). The predicted molar refractivity (Wildman–Crippen MR) is 126 cm³/mol. The van der Waals surface area contributed by atoms with Gasteiger partial charge in [-0.2, -0.15) is 0 Å². The van der Waals surface area contributed by atoms with Crippen LogP contribution in [0, 0.1) is 11.8 Å². The minimum Gasteiger partial charge on any atom is -0.493 e. The van der Waals surface area contributed by atoms with Crippen LogP contribution in [0.5, 0.6) is 5.75 Å². The van der Waals surface area contributed by atoms with E-state index in [0.29, 0.717) is 0 Å². The van der Waals surface area contributed by atoms with E-state index in [4.69, 9.17) is 4.74 Å². The van der Waals surface area contributed by atoms with Crippen LogP contribution in [0.1, 0.15) is 59.2 Å². The van der Waals surface area contributed by atoms with Crippen molar-refractivity contribution in [1.29, 1.82) is 0 Å². The number of rotatable bonds is 7. The van der Waals surface area contributed by atoms with E-state index in [2.05, 4.69) is 23.1 Å². The molecule has 1 saturated heterocycles. The van der Waals surface area contributed by atoms with Crippen LogP contribution in [0.3, 0.4) is 0 Å². The molecule has 3 fully saturated rings. The Morgan fingerprint density at radius 2 is 1.84 bits per heavy atom. The van der Waals surface area contributed by atoms with Gasteiger partial charge in [0.25, 0.3) is 5.91 Å². The monoisotopic (exact) mass is 430 g/mol. The average molecular weight is 431 g/mol. The number of benzene rings is 2. The summed E-state index contributed by atoms with van der Waals surface area (Å²) in [6, 6.07) is 15.8. The Balaban J connectivity index is 1.07. The topological polar surface area (TPSA) is 32.8 Å². The van der Waals surface area contributed by atoms with Gasteiger partial charge in [0.2, 0.25) is 0 Å². The summed E-state index contributed by atoms with van der Waals surface area (Å²) < 4.78 is 5.81. The van der Waals surface area contributed by atoms with E-state index in [-0.39, 0.29) is 11.9 Å². The largest absolute Gasteiger partial charge is 0.493 e. The average Bonchev–Trinajstić information content (AvgIpc) is 3.19. The first-order valence-corrected chi connectivity index (χ1v) is 12.5. The first kappa shape index (κ1) is 20.3. The second kappa shape index (κ2) is 8.22. The van der Waals surface area contributed by atoms with Gasteiger partial charge in [-0.15, -0.1) is 0 Å². The Kier molecular flexibility index (Phi) is 5.21. The molecule has 4 nitrogen and oxygen atoms in total. The number of hydrogen-bond acceptors (Lipinski definition) is 3. The van der Waals surface area contributed by atoms with Crippen LogP contribution >= 0.6 is 0 Å². The van der Waals surface area contributed by atoms with Crippen molar-refractivity contribution in [2.75, 3.05) is 20.2 Å². The lowest BCUT2D eigenvalue weighted by molar-refractivity contribution is 0.0737. The smallest absolute Gasteiger partial charge is 0.253 e. The number of hydrogen-bond donors (Lipinski definition) is 0. The Morgan fingerprint density at radius 3 is 2.56 bits per heavy atom. The van der Waals surface area contributed by atoms with E-state index in [1.54, 1.807) is 0 Å². The molecule has 3 aliphatic carbocycles. The van der Waals surface area contributed by atoms with Crippen molar-refractivity contribution < 1.29 is 9.53 Å². The van der Waals surface area contributed by atoms with Gasteiger partial charge in [0, 0.05) is 37.8 Å². The quantitative estimate of drug-likeness (QED) is 0.638. The van der Waals surface area contributed by atoms with E-state index in [9.17, 15) is 4.79 Å². The molecule has 1 heterocycles. The lowest BCUT2D eigenvalue weighted by Crippen LogP contribution is -2.37. The van der Waals surface area contributed by atoms with Crippen molar-refractivity contribution in [3.63, 3.8) is 0 Å². The van der Waals surface area contributed by atoms with E-state index >= 15 is 0 Å². The molecule has 2 aromatic rings. The van der Waals surface area contributed by atoms with Crippen molar-refractivity contribution in [3.8, 4) is 5.75 Å². The van der Waals surface area contributed by atoms with Gasteiger partial charge in [-0.1, -0.05) is 18.2 Å². The number of likely N-dealkylation sites (tertiary alicyclic amines) is 1. The van der Waals surface area contributed by atoms with Gasteiger partial charge in [-0.05, 0) is 97.7 Å². The molecule has 0 aromatic heterocycles. The number of nitrogens with zero attached hydrogens (tertiary/aromatic N) is 2. The van der Waals surface area contributed by atoms with Gasteiger partial charge < -0.3 is 9.64 Å². The number of carbonyl (C=O) groups excluding carboxylic acids is 1. The number of amides is 1. The highest BCUT2D eigenvalue weighted by molar-refractivity contribution is 5.94. The predicted octanol–water partition coefficient (Wildman–Crippen LogP) is 4.70. The third kappa shape index (κ3) is 4.05. The van der Waals surface area contributed by atoms with Gasteiger partial charge in [0.1, 0.15) is 5.75 Å². The number of carbonyl (C=O) groups is 1. The lowest BCUT2D eigenvalue weighted by Gasteiger charge is -2.26. The van der Waals surface area contributed by atoms with Gasteiger partial charge in [0.05, 0.1) is 6.61 Å². The summed E-state index contributed by atoms with van der Waals surface area (Å²) in [7, 11) is 1.96. The van der Waals surface area contributed by atoms with Crippen molar-refractivity contribution in [1.82, 2.24) is 9.80 Å². The molecule has 2 bridgehead atoms. The SMILES string of the molecule is CN(C(=O)c1ccc(OCC2CC2)cc1)[C@@H]1Cc2ccc(CN3C[C@@H]4CC[C@H]3C4)cc2C1. The molecule has 32 heavy (non-hydrogen) atoms. The maximum absolute atomic E-state index is 13.1. The zero-order valence-electron chi connectivity index (χ0n) is 19.1. The molecular formula is C28H34N2O2. The standard InChI is InChI=1S/C28H34N2O2/c1-29(28(31)22-7-10-27(11-8-22)32-18-19-2-3-19)26-14-23-6-4-20(12-24(23)15-26)16-30-17-21-5-9-25(30)13-21/h4,6-8,10-12,19,21,25-26H,2-3,5,9,13-18H2,1H3/t21-,25+,26-/m1/s1. The van der Waals surface area contributed by atoms with E-state index in [1.165, 1.54) is 55.3 Å². The molecule has 2 aromatic carbocycles. The summed E-state index contributed by atoms with van der Waals surface area (Å²) in [5.74, 6) is 2.64. The van der Waals surface area contributed by atoms with E-state index in [0.717, 1.165) is 55.2 Å². The number of fused-ring (bicyclic) bond motifs is 3. The van der Waals surface area contributed by atoms with Crippen LogP contribution in [0.2, 0.25) is 0 Å². The summed E-state index contributed by atoms with van der Waals surface area (Å²) in [5, 5.41) is 0. The summed E-state index contributed by atoms with van der Waals surface area (Å²) in [6.45, 7) is 3.17. The fourth-order valence-electron chi connectivity index (χ4n) is 6.04. The first-order chi connectivity index (χ1) is 15.6. The zero-order valence-corrected chi connectivity index (χ0v) is 19.1. The highest BCUT2D eigenvalue weighted by atomic mass is 16.5. The summed E-state index contributed by atoms with van der Waals surface area (Å²) in [6.07, 6.45) is 8.71. The van der Waals surface area contributed by atoms with Crippen molar-refractivity contribution >= 4 is 5.91 Å². The summed E-state index contributed by atoms with van der Waals surface area (Å²) >= 11 is 0. The van der Waals surface area contributed by atoms with Crippen molar-refractivity contribution in [2.24, 2.45) is 11.8 Å². The molecule has 0 N–H and O–H groups in total. The molecule has 0 spiro atoms. The summed E-state index contributed by atoms with van der Waals surface area (Å²) in [4.78, 5) is 17.8. The molecule has 1 amide bonds. The highest BCUT2D eigenvalue weighted by Gasteiger charge is 2.37. The number of likely N-dealkylation sites (N-methyl/N-ethyl adjacent to an activating group) is 1. The molecule has 4 heteroatoms. The van der Waals surface area contributed by atoms with Crippen LogP contribution in [0.4, 0.5) is 0 Å². The number of ether oxygens (including phenoxy) is 1. The van der Waals surface area contributed by atoms with Crippen LogP contribution in [-0.2, 0) is 19.4 Å². The Hall–Kier alpha value is -2.33. The lowest BCUT2D eigenvalue weighted by atomic mass is 10.0. The van der Waals surface area contributed by atoms with Crippen LogP contribution in [0.15, 0.2) is 42.5 Å². The van der Waals surface area contributed by atoms with Crippen LogP contribution in [-0.4, -0.2) is 48.0 Å². The summed E-state index contributed by atoms with van der Waals surface area (Å²) in [5.41, 5.74) is 5.02. The molecule has 168 valence electrons. The molecular weight excluding hydrogens is 396 g/mol. The van der Waals surface area contributed by atoms with Gasteiger partial charge in [-0.25, -0.2) is 0 Å². The fourth-order valence-corrected chi connectivity index (χ4v) is 6.04. The third-order valence-electron chi connectivity index (χ3n) is 8.24. The van der Waals surface area contributed by atoms with E-state index < -0.39 is 0 Å². The van der Waals surface area contributed by atoms with Gasteiger partial charge >= 0.3 is 0 Å². The third-order valence-corrected chi connectivity index (χ3v) is 8.24. The minimum atomic E-state index is 0.102. The zero-order chi connectivity index (χ0) is 21.7. The molecule has 4 aliphatic rings. The Labute approximate surface area is 191 Å². The van der Waals surface area contributed by atoms with Crippen LogP contribution in [0.25, 0.3) is 0 Å². The minimum absolute atomic E-state index is 0.102. The first-order valence-electron chi connectivity index (χ1n) is 12.5. The maximum atomic E-state index is 13.1. The normalized spacial score (nSPS) is 26.3. The Bertz CT molecular complexity index is 997. The van der Waals surface area contributed by atoms with Gasteiger partial charge in [-0.3, -0.25) is 9.69 Å². The maximum Gasteiger partial charge on any atom is 0.253 e. The molecule has 2 saturated carbocycles. The van der Waals surface area contributed by atoms with Gasteiger partial charge in [0.15, 0.2) is 0 Å². The Morgan fingerprint density at radius 1 is 1.03 bits per heavy atom. The molecule has 1 aliphatic heterocycles. The van der Waals surface area contributed by atoms with E-state index in [1.807, 2.05) is 36.2 Å².